The molecule has 0 unspecified atom stereocenters. The summed E-state index contributed by atoms with van der Waals surface area (Å²) in [6, 6.07) is 3.84. The molecule has 0 fully saturated rings. The maximum absolute atomic E-state index is 13.3. The molecule has 1 atom stereocenters. The van der Waals surface area contributed by atoms with Gasteiger partial charge in [-0.15, -0.1) is 0 Å². The van der Waals surface area contributed by atoms with E-state index in [0.717, 1.165) is 0 Å². The SMILES string of the molecule is CCOP(=O)(OCC)[C@H](N)c1cc(F)ccc1OC. The minimum Gasteiger partial charge on any atom is -0.496 e. The lowest BCUT2D eigenvalue weighted by Crippen LogP contribution is -2.16. The first-order chi connectivity index (χ1) is 8.98. The van der Waals surface area contributed by atoms with Crippen LogP contribution >= 0.6 is 7.60 Å². The first-order valence-electron chi connectivity index (χ1n) is 5.96. The third-order valence-corrected chi connectivity index (χ3v) is 4.66. The number of nitrogens with two attached hydrogens (primary N) is 1. The molecule has 0 heterocycles. The van der Waals surface area contributed by atoms with Gasteiger partial charge in [0.1, 0.15) is 17.3 Å². The van der Waals surface area contributed by atoms with E-state index in [2.05, 4.69) is 0 Å². The fraction of sp³-hybridized carbons (Fsp3) is 0.500. The Morgan fingerprint density at radius 1 is 1.32 bits per heavy atom. The van der Waals surface area contributed by atoms with Gasteiger partial charge < -0.3 is 19.5 Å². The van der Waals surface area contributed by atoms with Gasteiger partial charge in [0.25, 0.3) is 0 Å². The van der Waals surface area contributed by atoms with Crippen molar-refractivity contribution in [1.29, 1.82) is 0 Å². The Kier molecular flexibility index (Phi) is 5.94. The normalized spacial score (nSPS) is 13.3. The monoisotopic (exact) mass is 291 g/mol. The van der Waals surface area contributed by atoms with Gasteiger partial charge in [0, 0.05) is 5.56 Å². The topological polar surface area (TPSA) is 70.8 Å². The molecule has 0 saturated heterocycles. The minimum atomic E-state index is -3.56. The summed E-state index contributed by atoms with van der Waals surface area (Å²) >= 11 is 0. The van der Waals surface area contributed by atoms with Crippen LogP contribution in [0.15, 0.2) is 18.2 Å². The van der Waals surface area contributed by atoms with Gasteiger partial charge in [-0.3, -0.25) is 4.57 Å². The molecule has 0 saturated carbocycles. The Balaban J connectivity index is 3.19. The molecular formula is C12H19FNO4P. The van der Waals surface area contributed by atoms with Crippen LogP contribution < -0.4 is 10.5 Å². The second kappa shape index (κ2) is 7.01. The van der Waals surface area contributed by atoms with Crippen LogP contribution in [-0.4, -0.2) is 20.3 Å². The molecule has 0 aliphatic carbocycles. The molecule has 0 amide bonds. The van der Waals surface area contributed by atoms with Crippen LogP contribution in [0.25, 0.3) is 0 Å². The molecule has 108 valence electrons. The highest BCUT2D eigenvalue weighted by atomic mass is 31.2. The number of rotatable bonds is 7. The van der Waals surface area contributed by atoms with Crippen molar-refractivity contribution in [2.24, 2.45) is 5.73 Å². The van der Waals surface area contributed by atoms with E-state index in [1.54, 1.807) is 13.8 Å². The fourth-order valence-electron chi connectivity index (χ4n) is 1.66. The predicted octanol–water partition coefficient (Wildman–Crippen LogP) is 3.06. The van der Waals surface area contributed by atoms with Crippen LogP contribution in [0, 0.1) is 5.82 Å². The number of methoxy groups -OCH3 is 1. The van der Waals surface area contributed by atoms with Crippen molar-refractivity contribution in [1.82, 2.24) is 0 Å². The summed E-state index contributed by atoms with van der Waals surface area (Å²) in [6.07, 6.45) is 0. The second-order valence-corrected chi connectivity index (χ2v) is 5.86. The smallest absolute Gasteiger partial charge is 0.351 e. The second-order valence-electron chi connectivity index (χ2n) is 3.71. The number of ether oxygens (including phenoxy) is 1. The molecule has 0 aromatic heterocycles. The number of halogens is 1. The summed E-state index contributed by atoms with van der Waals surface area (Å²) in [7, 11) is -2.13. The first-order valence-corrected chi connectivity index (χ1v) is 7.57. The Labute approximate surface area is 112 Å². The Hall–Kier alpha value is -0.940. The first kappa shape index (κ1) is 16.1. The van der Waals surface area contributed by atoms with E-state index in [0.29, 0.717) is 5.75 Å². The average molecular weight is 291 g/mol. The van der Waals surface area contributed by atoms with Crippen LogP contribution in [0.2, 0.25) is 0 Å². The molecule has 0 aliphatic rings. The maximum Gasteiger partial charge on any atom is 0.351 e. The zero-order valence-electron chi connectivity index (χ0n) is 11.3. The molecule has 0 aliphatic heterocycles. The molecule has 7 heteroatoms. The third kappa shape index (κ3) is 3.76. The fourth-order valence-corrected chi connectivity index (χ4v) is 3.32. The van der Waals surface area contributed by atoms with E-state index in [1.807, 2.05) is 0 Å². The van der Waals surface area contributed by atoms with Crippen LogP contribution in [0.5, 0.6) is 5.75 Å². The van der Waals surface area contributed by atoms with Crippen molar-refractivity contribution in [3.05, 3.63) is 29.6 Å². The van der Waals surface area contributed by atoms with Crippen molar-refractivity contribution in [3.8, 4) is 5.75 Å². The van der Waals surface area contributed by atoms with Gasteiger partial charge in [0.15, 0.2) is 0 Å². The number of hydrogen-bond donors (Lipinski definition) is 1. The molecular weight excluding hydrogens is 272 g/mol. The summed E-state index contributed by atoms with van der Waals surface area (Å²) in [5, 5.41) is 0. The average Bonchev–Trinajstić information content (AvgIpc) is 2.38. The van der Waals surface area contributed by atoms with Crippen molar-refractivity contribution in [3.63, 3.8) is 0 Å². The largest absolute Gasteiger partial charge is 0.496 e. The molecule has 0 radical (unpaired) electrons. The molecule has 1 rings (SSSR count). The van der Waals surface area contributed by atoms with Crippen molar-refractivity contribution in [2.45, 2.75) is 19.6 Å². The maximum atomic E-state index is 13.3. The molecule has 0 spiro atoms. The van der Waals surface area contributed by atoms with Gasteiger partial charge in [-0.25, -0.2) is 4.39 Å². The lowest BCUT2D eigenvalue weighted by Gasteiger charge is -2.24. The molecule has 1 aromatic rings. The highest BCUT2D eigenvalue weighted by Gasteiger charge is 2.35. The molecule has 2 N–H and O–H groups in total. The van der Waals surface area contributed by atoms with Gasteiger partial charge in [0.05, 0.1) is 20.3 Å². The summed E-state index contributed by atoms with van der Waals surface area (Å²) in [6.45, 7) is 3.73. The predicted molar refractivity (Wildman–Crippen MR) is 70.7 cm³/mol. The highest BCUT2D eigenvalue weighted by Crippen LogP contribution is 2.59. The van der Waals surface area contributed by atoms with Gasteiger partial charge in [-0.1, -0.05) is 0 Å². The van der Waals surface area contributed by atoms with E-state index < -0.39 is 19.2 Å². The van der Waals surface area contributed by atoms with Crippen molar-refractivity contribution >= 4 is 7.60 Å². The summed E-state index contributed by atoms with van der Waals surface area (Å²) in [5.74, 6) is -1.25. The van der Waals surface area contributed by atoms with Crippen LogP contribution in [0.4, 0.5) is 4.39 Å². The quantitative estimate of drug-likeness (QED) is 0.782. The minimum absolute atomic E-state index is 0.183. The van der Waals surface area contributed by atoms with E-state index >= 15 is 0 Å². The third-order valence-electron chi connectivity index (χ3n) is 2.47. The Bertz CT molecular complexity index is 459. The lowest BCUT2D eigenvalue weighted by molar-refractivity contribution is 0.212. The van der Waals surface area contributed by atoms with Crippen molar-refractivity contribution in [2.75, 3.05) is 20.3 Å². The molecule has 5 nitrogen and oxygen atoms in total. The van der Waals surface area contributed by atoms with Gasteiger partial charge in [-0.05, 0) is 32.0 Å². The van der Waals surface area contributed by atoms with E-state index in [1.165, 1.54) is 25.3 Å². The zero-order valence-corrected chi connectivity index (χ0v) is 12.2. The van der Waals surface area contributed by atoms with Crippen LogP contribution in [0.3, 0.4) is 0 Å². The lowest BCUT2D eigenvalue weighted by atomic mass is 10.2. The van der Waals surface area contributed by atoms with Gasteiger partial charge in [-0.2, -0.15) is 0 Å². The standard InChI is InChI=1S/C12H19FNO4P/c1-4-17-19(15,18-5-2)12(14)10-8-9(13)6-7-11(10)16-3/h6-8,12H,4-5,14H2,1-3H3/t12-/m0/s1. The van der Waals surface area contributed by atoms with Crippen LogP contribution in [0.1, 0.15) is 25.2 Å². The Morgan fingerprint density at radius 3 is 2.37 bits per heavy atom. The summed E-state index contributed by atoms with van der Waals surface area (Å²) in [4.78, 5) is 0. The van der Waals surface area contributed by atoms with Crippen LogP contribution in [-0.2, 0) is 13.6 Å². The van der Waals surface area contributed by atoms with Gasteiger partial charge in [0.2, 0.25) is 0 Å². The summed E-state index contributed by atoms with van der Waals surface area (Å²) in [5.41, 5.74) is 6.19. The van der Waals surface area contributed by atoms with E-state index in [9.17, 15) is 8.96 Å². The molecule has 0 bridgehead atoms. The zero-order chi connectivity index (χ0) is 14.5. The molecule has 1 aromatic carbocycles. The van der Waals surface area contributed by atoms with Gasteiger partial charge >= 0.3 is 7.60 Å². The summed E-state index contributed by atoms with van der Waals surface area (Å²) < 4.78 is 41.3. The molecule has 19 heavy (non-hydrogen) atoms. The van der Waals surface area contributed by atoms with E-state index in [4.69, 9.17) is 19.5 Å². The number of benzene rings is 1. The Morgan fingerprint density at radius 2 is 1.89 bits per heavy atom. The highest BCUT2D eigenvalue weighted by molar-refractivity contribution is 7.54. The number of hydrogen-bond acceptors (Lipinski definition) is 5. The van der Waals surface area contributed by atoms with Crippen molar-refractivity contribution < 1.29 is 22.7 Å². The van der Waals surface area contributed by atoms with E-state index in [-0.39, 0.29) is 18.8 Å².